The number of thioether (sulfide) groups is 1. The molecule has 144 valence electrons. The quantitative estimate of drug-likeness (QED) is 0.268. The fourth-order valence-electron chi connectivity index (χ4n) is 2.80. The van der Waals surface area contributed by atoms with Crippen LogP contribution in [0.3, 0.4) is 0 Å². The second kappa shape index (κ2) is 10.1. The van der Waals surface area contributed by atoms with Gasteiger partial charge in [-0.15, -0.1) is 27.2 Å². The third-order valence-corrected chi connectivity index (χ3v) is 5.03. The van der Waals surface area contributed by atoms with Gasteiger partial charge in [0.1, 0.15) is 11.4 Å². The summed E-state index contributed by atoms with van der Waals surface area (Å²) in [5, 5.41) is 9.18. The van der Waals surface area contributed by atoms with E-state index < -0.39 is 0 Å². The second-order valence-electron chi connectivity index (χ2n) is 6.10. The molecule has 0 aliphatic heterocycles. The number of aromatic nitrogens is 3. The number of carbonyl (C=O) groups is 1. The summed E-state index contributed by atoms with van der Waals surface area (Å²) in [5.74, 6) is 0.313. The molecule has 0 saturated heterocycles. The Bertz CT molecular complexity index is 1080. The van der Waals surface area contributed by atoms with E-state index in [0.29, 0.717) is 10.7 Å². The Labute approximate surface area is 184 Å². The predicted octanol–water partition coefficient (Wildman–Crippen LogP) is 5.76. The molecule has 3 aromatic carbocycles. The van der Waals surface area contributed by atoms with Gasteiger partial charge in [-0.2, -0.15) is 0 Å². The molecule has 1 heterocycles. The summed E-state index contributed by atoms with van der Waals surface area (Å²) in [5.41, 5.74) is 4.10. The van der Waals surface area contributed by atoms with Crippen molar-refractivity contribution in [1.82, 2.24) is 15.2 Å². The maximum atomic E-state index is 12.4. The number of halogens is 1. The monoisotopic (exact) mass is 463 g/mol. The molecule has 4 rings (SSSR count). The molecule has 0 fully saturated rings. The summed E-state index contributed by atoms with van der Waals surface area (Å²) >= 11 is 1.30. The van der Waals surface area contributed by atoms with Crippen molar-refractivity contribution >= 4 is 34.5 Å². The maximum absolute atomic E-state index is 12.4. The van der Waals surface area contributed by atoms with Gasteiger partial charge < -0.3 is 0 Å². The first-order valence-corrected chi connectivity index (χ1v) is 9.86. The average molecular weight is 464 g/mol. The molecular formula is C23H18BrN3OS. The van der Waals surface area contributed by atoms with E-state index in [1.54, 1.807) is 0 Å². The zero-order valence-electron chi connectivity index (χ0n) is 15.4. The number of hydrogen-bond acceptors (Lipinski definition) is 5. The van der Waals surface area contributed by atoms with Gasteiger partial charge in [-0.05, 0) is 0 Å². The van der Waals surface area contributed by atoms with Crippen LogP contribution in [0.5, 0.6) is 0 Å². The number of rotatable bonds is 6. The SMILES string of the molecule is Br.O=C(CSc1nnc(-c2ccccc2)c(-c2ccccc2)n1)c1ccccc1. The minimum atomic E-state index is 0. The van der Waals surface area contributed by atoms with E-state index in [-0.39, 0.29) is 28.5 Å². The molecule has 0 aliphatic rings. The topological polar surface area (TPSA) is 55.7 Å². The average Bonchev–Trinajstić information content (AvgIpc) is 2.79. The lowest BCUT2D eigenvalue weighted by molar-refractivity contribution is 0.102. The van der Waals surface area contributed by atoms with Crippen LogP contribution in [0.2, 0.25) is 0 Å². The van der Waals surface area contributed by atoms with Crippen molar-refractivity contribution in [3.63, 3.8) is 0 Å². The molecule has 0 unspecified atom stereocenters. The van der Waals surface area contributed by atoms with Gasteiger partial charge in [-0.3, -0.25) is 4.79 Å². The van der Waals surface area contributed by atoms with E-state index in [0.717, 1.165) is 22.5 Å². The van der Waals surface area contributed by atoms with Crippen LogP contribution in [0.25, 0.3) is 22.5 Å². The highest BCUT2D eigenvalue weighted by Crippen LogP contribution is 2.29. The lowest BCUT2D eigenvalue weighted by Gasteiger charge is -2.09. The smallest absolute Gasteiger partial charge is 0.210 e. The highest BCUT2D eigenvalue weighted by Gasteiger charge is 2.15. The molecule has 4 nitrogen and oxygen atoms in total. The third-order valence-electron chi connectivity index (χ3n) is 4.19. The van der Waals surface area contributed by atoms with Crippen LogP contribution in [0.1, 0.15) is 10.4 Å². The van der Waals surface area contributed by atoms with Gasteiger partial charge in [-0.1, -0.05) is 103 Å². The van der Waals surface area contributed by atoms with Gasteiger partial charge in [0.2, 0.25) is 5.16 Å². The highest BCUT2D eigenvalue weighted by atomic mass is 79.9. The van der Waals surface area contributed by atoms with E-state index in [1.165, 1.54) is 11.8 Å². The number of ketones is 1. The highest BCUT2D eigenvalue weighted by molar-refractivity contribution is 8.93. The fourth-order valence-corrected chi connectivity index (χ4v) is 3.48. The zero-order chi connectivity index (χ0) is 19.2. The lowest BCUT2D eigenvalue weighted by Crippen LogP contribution is -2.04. The van der Waals surface area contributed by atoms with Crippen LogP contribution in [0.4, 0.5) is 0 Å². The third kappa shape index (κ3) is 5.16. The van der Waals surface area contributed by atoms with Crippen molar-refractivity contribution in [2.75, 3.05) is 5.75 Å². The second-order valence-corrected chi connectivity index (χ2v) is 7.04. The van der Waals surface area contributed by atoms with Crippen molar-refractivity contribution in [1.29, 1.82) is 0 Å². The van der Waals surface area contributed by atoms with Crippen molar-refractivity contribution in [2.24, 2.45) is 0 Å². The van der Waals surface area contributed by atoms with E-state index in [2.05, 4.69) is 10.2 Å². The molecular weight excluding hydrogens is 446 g/mol. The van der Waals surface area contributed by atoms with Gasteiger partial charge >= 0.3 is 0 Å². The molecule has 0 atom stereocenters. The summed E-state index contributed by atoms with van der Waals surface area (Å²) < 4.78 is 0. The first-order chi connectivity index (χ1) is 13.8. The minimum absolute atomic E-state index is 0. The van der Waals surface area contributed by atoms with Crippen LogP contribution in [-0.2, 0) is 0 Å². The van der Waals surface area contributed by atoms with E-state index in [9.17, 15) is 4.79 Å². The lowest BCUT2D eigenvalue weighted by atomic mass is 10.0. The summed E-state index contributed by atoms with van der Waals surface area (Å²) in [7, 11) is 0. The van der Waals surface area contributed by atoms with E-state index >= 15 is 0 Å². The Morgan fingerprint density at radius 2 is 1.21 bits per heavy atom. The predicted molar refractivity (Wildman–Crippen MR) is 123 cm³/mol. The molecule has 0 radical (unpaired) electrons. The van der Waals surface area contributed by atoms with Crippen LogP contribution in [-0.4, -0.2) is 26.7 Å². The van der Waals surface area contributed by atoms with Crippen molar-refractivity contribution in [3.8, 4) is 22.5 Å². The molecule has 6 heteroatoms. The Kier molecular flexibility index (Phi) is 7.27. The van der Waals surface area contributed by atoms with Gasteiger partial charge in [0, 0.05) is 16.7 Å². The van der Waals surface area contributed by atoms with E-state index in [4.69, 9.17) is 4.98 Å². The molecule has 0 saturated carbocycles. The molecule has 29 heavy (non-hydrogen) atoms. The Hall–Kier alpha value is -2.83. The number of hydrogen-bond donors (Lipinski definition) is 0. The zero-order valence-corrected chi connectivity index (χ0v) is 18.0. The van der Waals surface area contributed by atoms with E-state index in [1.807, 2.05) is 91.0 Å². The Morgan fingerprint density at radius 1 is 0.690 bits per heavy atom. The standard InChI is InChI=1S/C23H17N3OS.BrH/c27-20(17-10-4-1-5-11-17)16-28-23-24-21(18-12-6-2-7-13-18)22(25-26-23)19-14-8-3-9-15-19;/h1-15H,16H2;1H. The summed E-state index contributed by atoms with van der Waals surface area (Å²) in [6, 6.07) is 29.0. The summed E-state index contributed by atoms with van der Waals surface area (Å²) in [4.78, 5) is 17.1. The minimum Gasteiger partial charge on any atom is -0.293 e. The molecule has 1 aromatic heterocycles. The number of benzene rings is 3. The van der Waals surface area contributed by atoms with Gasteiger partial charge in [0.25, 0.3) is 0 Å². The van der Waals surface area contributed by atoms with Gasteiger partial charge in [0.15, 0.2) is 5.78 Å². The van der Waals surface area contributed by atoms with Crippen molar-refractivity contribution < 1.29 is 4.79 Å². The van der Waals surface area contributed by atoms with Gasteiger partial charge in [-0.25, -0.2) is 4.98 Å². The molecule has 4 aromatic rings. The normalized spacial score (nSPS) is 10.2. The molecule has 0 bridgehead atoms. The van der Waals surface area contributed by atoms with Gasteiger partial charge in [0.05, 0.1) is 5.75 Å². The molecule has 0 amide bonds. The molecule has 0 N–H and O–H groups in total. The Morgan fingerprint density at radius 3 is 1.79 bits per heavy atom. The molecule has 0 spiro atoms. The first kappa shape index (κ1) is 20.9. The van der Waals surface area contributed by atoms with Crippen LogP contribution in [0, 0.1) is 0 Å². The number of carbonyl (C=O) groups excluding carboxylic acids is 1. The largest absolute Gasteiger partial charge is 0.293 e. The van der Waals surface area contributed by atoms with Crippen LogP contribution in [0.15, 0.2) is 96.2 Å². The number of nitrogens with zero attached hydrogens (tertiary/aromatic N) is 3. The summed E-state index contributed by atoms with van der Waals surface area (Å²) in [6.45, 7) is 0. The molecule has 0 aliphatic carbocycles. The fraction of sp³-hybridized carbons (Fsp3) is 0.0435. The van der Waals surface area contributed by atoms with Crippen molar-refractivity contribution in [2.45, 2.75) is 5.16 Å². The maximum Gasteiger partial charge on any atom is 0.210 e. The Balaban J connectivity index is 0.00000240. The van der Waals surface area contributed by atoms with Crippen LogP contribution >= 0.6 is 28.7 Å². The first-order valence-electron chi connectivity index (χ1n) is 8.88. The number of Topliss-reactive ketones (excluding diaryl/α,β-unsaturated/α-hetero) is 1. The van der Waals surface area contributed by atoms with Crippen LogP contribution < -0.4 is 0 Å². The van der Waals surface area contributed by atoms with Crippen molar-refractivity contribution in [3.05, 3.63) is 96.6 Å². The summed E-state index contributed by atoms with van der Waals surface area (Å²) in [6.07, 6.45) is 0.